The van der Waals surface area contributed by atoms with Crippen LogP contribution in [0.4, 0.5) is 0 Å². The fourth-order valence-corrected chi connectivity index (χ4v) is 1.01. The smallest absolute Gasteiger partial charge is 0.165 e. The highest BCUT2D eigenvalue weighted by atomic mass is 16.7. The quantitative estimate of drug-likeness (QED) is 0.434. The normalized spacial score (nSPS) is 15.7. The molecule has 13 heavy (non-hydrogen) atoms. The van der Waals surface area contributed by atoms with Gasteiger partial charge in [0.2, 0.25) is 0 Å². The first kappa shape index (κ1) is 12.9. The molecule has 0 fully saturated rings. The van der Waals surface area contributed by atoms with Crippen molar-refractivity contribution in [3.63, 3.8) is 0 Å². The molecule has 0 rings (SSSR count). The van der Waals surface area contributed by atoms with Crippen molar-refractivity contribution in [3.8, 4) is 0 Å². The summed E-state index contributed by atoms with van der Waals surface area (Å²) in [5, 5.41) is 0. The molecule has 3 nitrogen and oxygen atoms in total. The van der Waals surface area contributed by atoms with Crippen LogP contribution in [0, 0.1) is 0 Å². The zero-order valence-electron chi connectivity index (χ0n) is 9.26. The van der Waals surface area contributed by atoms with Crippen molar-refractivity contribution in [2.75, 3.05) is 26.4 Å². The molecule has 1 atom stereocenters. The molecule has 0 saturated carbocycles. The van der Waals surface area contributed by atoms with Crippen LogP contribution in [0.2, 0.25) is 0 Å². The molecule has 0 aliphatic heterocycles. The summed E-state index contributed by atoms with van der Waals surface area (Å²) in [4.78, 5) is 0. The van der Waals surface area contributed by atoms with Crippen LogP contribution in [-0.2, 0) is 14.2 Å². The van der Waals surface area contributed by atoms with Gasteiger partial charge in [0.15, 0.2) is 5.79 Å². The summed E-state index contributed by atoms with van der Waals surface area (Å²) in [6, 6.07) is 0. The molecule has 0 aromatic heterocycles. The lowest BCUT2D eigenvalue weighted by atomic mass is 10.2. The van der Waals surface area contributed by atoms with Gasteiger partial charge in [-0.05, 0) is 27.2 Å². The molecule has 0 bridgehead atoms. The van der Waals surface area contributed by atoms with Crippen LogP contribution >= 0.6 is 0 Å². The number of ether oxygens (including phenoxy) is 3. The molecule has 3 heteroatoms. The van der Waals surface area contributed by atoms with Crippen LogP contribution < -0.4 is 0 Å². The molecule has 80 valence electrons. The van der Waals surface area contributed by atoms with E-state index in [1.165, 1.54) is 0 Å². The van der Waals surface area contributed by atoms with Crippen molar-refractivity contribution in [2.45, 2.75) is 39.9 Å². The van der Waals surface area contributed by atoms with Crippen molar-refractivity contribution in [1.82, 2.24) is 0 Å². The molecule has 0 aromatic rings. The van der Waals surface area contributed by atoms with Crippen LogP contribution in [0.3, 0.4) is 0 Å². The van der Waals surface area contributed by atoms with Crippen LogP contribution in [0.25, 0.3) is 0 Å². The molecule has 1 unspecified atom stereocenters. The maximum Gasteiger partial charge on any atom is 0.165 e. The highest BCUT2D eigenvalue weighted by Gasteiger charge is 2.22. The van der Waals surface area contributed by atoms with Gasteiger partial charge in [0.05, 0.1) is 13.2 Å². The molecule has 0 amide bonds. The minimum absolute atomic E-state index is 0.439. The summed E-state index contributed by atoms with van der Waals surface area (Å²) < 4.78 is 16.2. The number of rotatable bonds is 8. The zero-order chi connectivity index (χ0) is 10.2. The minimum atomic E-state index is -0.439. The third kappa shape index (κ3) is 6.02. The first-order valence-corrected chi connectivity index (χ1v) is 5.04. The Bertz CT molecular complexity index is 117. The predicted octanol–water partition coefficient (Wildman–Crippen LogP) is 2.20. The van der Waals surface area contributed by atoms with Gasteiger partial charge in [-0.1, -0.05) is 6.92 Å². The molecular weight excluding hydrogens is 168 g/mol. The molecule has 0 aliphatic rings. The summed E-state index contributed by atoms with van der Waals surface area (Å²) in [6.45, 7) is 10.6. The van der Waals surface area contributed by atoms with Gasteiger partial charge in [-0.2, -0.15) is 0 Å². The van der Waals surface area contributed by atoms with Crippen molar-refractivity contribution in [2.24, 2.45) is 0 Å². The second-order valence-electron chi connectivity index (χ2n) is 2.97. The van der Waals surface area contributed by atoms with Gasteiger partial charge in [0.1, 0.15) is 0 Å². The van der Waals surface area contributed by atoms with Crippen molar-refractivity contribution in [1.29, 1.82) is 0 Å². The highest BCUT2D eigenvalue weighted by molar-refractivity contribution is 4.59. The molecule has 0 aromatic carbocycles. The molecule has 0 aliphatic carbocycles. The van der Waals surface area contributed by atoms with E-state index in [1.54, 1.807) is 0 Å². The van der Waals surface area contributed by atoms with Gasteiger partial charge < -0.3 is 14.2 Å². The Morgan fingerprint density at radius 2 is 1.62 bits per heavy atom. The molecular formula is C10H22O3. The van der Waals surface area contributed by atoms with Gasteiger partial charge in [0, 0.05) is 13.2 Å². The van der Waals surface area contributed by atoms with Gasteiger partial charge in [-0.25, -0.2) is 0 Å². The third-order valence-corrected chi connectivity index (χ3v) is 1.93. The van der Waals surface area contributed by atoms with Crippen LogP contribution in [0.1, 0.15) is 34.1 Å². The minimum Gasteiger partial charge on any atom is -0.379 e. The molecule has 0 radical (unpaired) electrons. The van der Waals surface area contributed by atoms with E-state index in [9.17, 15) is 0 Å². The molecule has 0 heterocycles. The maximum absolute atomic E-state index is 5.57. The van der Waals surface area contributed by atoms with Crippen molar-refractivity contribution < 1.29 is 14.2 Å². The van der Waals surface area contributed by atoms with E-state index >= 15 is 0 Å². The Hall–Kier alpha value is -0.120. The Morgan fingerprint density at radius 3 is 2.08 bits per heavy atom. The van der Waals surface area contributed by atoms with E-state index in [0.717, 1.165) is 13.0 Å². The summed E-state index contributed by atoms with van der Waals surface area (Å²) in [7, 11) is 0. The summed E-state index contributed by atoms with van der Waals surface area (Å²) >= 11 is 0. The molecule has 0 saturated heterocycles. The second-order valence-corrected chi connectivity index (χ2v) is 2.97. The Labute approximate surface area is 81.4 Å². The average molecular weight is 190 g/mol. The van der Waals surface area contributed by atoms with E-state index in [4.69, 9.17) is 14.2 Å². The zero-order valence-corrected chi connectivity index (χ0v) is 9.26. The lowest BCUT2D eigenvalue weighted by molar-refractivity contribution is -0.229. The average Bonchev–Trinajstić information content (AvgIpc) is 2.13. The van der Waals surface area contributed by atoms with E-state index in [2.05, 4.69) is 6.92 Å². The second kappa shape index (κ2) is 7.30. The Morgan fingerprint density at radius 1 is 0.923 bits per heavy atom. The van der Waals surface area contributed by atoms with E-state index in [0.29, 0.717) is 19.8 Å². The van der Waals surface area contributed by atoms with Crippen molar-refractivity contribution >= 4 is 0 Å². The van der Waals surface area contributed by atoms with Gasteiger partial charge in [-0.15, -0.1) is 0 Å². The van der Waals surface area contributed by atoms with Crippen molar-refractivity contribution in [3.05, 3.63) is 0 Å². The number of hydrogen-bond donors (Lipinski definition) is 0. The lowest BCUT2D eigenvalue weighted by Gasteiger charge is -2.28. The van der Waals surface area contributed by atoms with Crippen LogP contribution in [0.5, 0.6) is 0 Å². The highest BCUT2D eigenvalue weighted by Crippen LogP contribution is 2.16. The standard InChI is InChI=1S/C10H22O3/c1-5-10(4,12-7-3)13-9-8-11-6-2/h5-9H2,1-4H3. The van der Waals surface area contributed by atoms with E-state index < -0.39 is 5.79 Å². The van der Waals surface area contributed by atoms with E-state index in [1.807, 2.05) is 20.8 Å². The number of hydrogen-bond acceptors (Lipinski definition) is 3. The van der Waals surface area contributed by atoms with Crippen LogP contribution in [-0.4, -0.2) is 32.2 Å². The predicted molar refractivity (Wildman–Crippen MR) is 52.8 cm³/mol. The summed E-state index contributed by atoms with van der Waals surface area (Å²) in [5.74, 6) is -0.439. The van der Waals surface area contributed by atoms with Gasteiger partial charge in [-0.3, -0.25) is 0 Å². The topological polar surface area (TPSA) is 27.7 Å². The Kier molecular flexibility index (Phi) is 7.23. The molecule has 0 spiro atoms. The van der Waals surface area contributed by atoms with Gasteiger partial charge in [0.25, 0.3) is 0 Å². The lowest BCUT2D eigenvalue weighted by Crippen LogP contribution is -2.32. The summed E-state index contributed by atoms with van der Waals surface area (Å²) in [5.41, 5.74) is 0. The SMILES string of the molecule is CCOCCOC(C)(CC)OCC. The molecule has 0 N–H and O–H groups in total. The third-order valence-electron chi connectivity index (χ3n) is 1.93. The van der Waals surface area contributed by atoms with E-state index in [-0.39, 0.29) is 0 Å². The summed E-state index contributed by atoms with van der Waals surface area (Å²) in [6.07, 6.45) is 0.854. The maximum atomic E-state index is 5.57. The first-order valence-electron chi connectivity index (χ1n) is 5.04. The monoisotopic (exact) mass is 190 g/mol. The van der Waals surface area contributed by atoms with Gasteiger partial charge >= 0.3 is 0 Å². The largest absolute Gasteiger partial charge is 0.379 e. The Balaban J connectivity index is 3.57. The first-order chi connectivity index (χ1) is 6.18. The van der Waals surface area contributed by atoms with Crippen LogP contribution in [0.15, 0.2) is 0 Å². The fourth-order valence-electron chi connectivity index (χ4n) is 1.01. The fraction of sp³-hybridized carbons (Fsp3) is 1.00.